The average molecular weight is 401 g/mol. The molecule has 3 aromatic rings. The molecule has 0 fully saturated rings. The third-order valence-corrected chi connectivity index (χ3v) is 4.69. The lowest BCUT2D eigenvalue weighted by atomic mass is 10.1. The van der Waals surface area contributed by atoms with E-state index in [1.807, 2.05) is 37.3 Å². The number of nitrogen functional groups attached to an aromatic ring is 1. The van der Waals surface area contributed by atoms with Crippen LogP contribution in [0.25, 0.3) is 0 Å². The number of hydrogen-bond donors (Lipinski definition) is 2. The molecule has 6 nitrogen and oxygen atoms in total. The van der Waals surface area contributed by atoms with Gasteiger partial charge in [-0.3, -0.25) is 10.2 Å². The maximum absolute atomic E-state index is 12.9. The van der Waals surface area contributed by atoms with Crippen LogP contribution in [0, 0.1) is 12.3 Å². The largest absolute Gasteiger partial charge is 0.423 e. The summed E-state index contributed by atoms with van der Waals surface area (Å²) in [4.78, 5) is 27.0. The quantitative estimate of drug-likeness (QED) is 0.280. The number of anilines is 1. The number of amidine groups is 1. The summed E-state index contributed by atoms with van der Waals surface area (Å²) < 4.78 is 5.46. The molecule has 0 saturated carbocycles. The molecule has 0 spiro atoms. The highest BCUT2D eigenvalue weighted by molar-refractivity contribution is 6.06. The number of nitrogens with one attached hydrogen (secondary N) is 1. The SMILES string of the molecule is CCN(C(=O)c1ccc(C(=O)Oc2ccc(C(=N)N)cc2C)cc1)c1ccccc1. The van der Waals surface area contributed by atoms with Crippen molar-refractivity contribution in [2.24, 2.45) is 5.73 Å². The van der Waals surface area contributed by atoms with Gasteiger partial charge in [0.1, 0.15) is 11.6 Å². The number of esters is 1. The number of nitrogens with two attached hydrogens (primary N) is 1. The van der Waals surface area contributed by atoms with Gasteiger partial charge < -0.3 is 15.4 Å². The van der Waals surface area contributed by atoms with Gasteiger partial charge in [-0.25, -0.2) is 4.79 Å². The molecule has 0 saturated heterocycles. The number of rotatable bonds is 6. The van der Waals surface area contributed by atoms with Crippen LogP contribution < -0.4 is 15.4 Å². The number of para-hydroxylation sites is 1. The second-order valence-electron chi connectivity index (χ2n) is 6.75. The Hall–Kier alpha value is -3.93. The van der Waals surface area contributed by atoms with Crippen molar-refractivity contribution in [2.45, 2.75) is 13.8 Å². The molecule has 3 rings (SSSR count). The van der Waals surface area contributed by atoms with Gasteiger partial charge >= 0.3 is 5.97 Å². The Labute approximate surface area is 175 Å². The first-order valence-corrected chi connectivity index (χ1v) is 9.55. The normalized spacial score (nSPS) is 10.3. The van der Waals surface area contributed by atoms with Gasteiger partial charge in [0.15, 0.2) is 0 Å². The summed E-state index contributed by atoms with van der Waals surface area (Å²) in [6.45, 7) is 4.22. The lowest BCUT2D eigenvalue weighted by molar-refractivity contribution is 0.0733. The van der Waals surface area contributed by atoms with Crippen LogP contribution in [0.5, 0.6) is 5.75 Å². The molecule has 30 heavy (non-hydrogen) atoms. The van der Waals surface area contributed by atoms with Crippen LogP contribution in [0.3, 0.4) is 0 Å². The Morgan fingerprint density at radius 3 is 2.10 bits per heavy atom. The van der Waals surface area contributed by atoms with E-state index in [1.54, 1.807) is 54.3 Å². The Morgan fingerprint density at radius 2 is 1.53 bits per heavy atom. The Balaban J connectivity index is 1.74. The number of ether oxygens (including phenoxy) is 1. The van der Waals surface area contributed by atoms with Gasteiger partial charge in [-0.1, -0.05) is 18.2 Å². The third kappa shape index (κ3) is 4.55. The van der Waals surface area contributed by atoms with Crippen molar-refractivity contribution < 1.29 is 14.3 Å². The van der Waals surface area contributed by atoms with Crippen molar-refractivity contribution in [3.8, 4) is 5.75 Å². The first-order valence-electron chi connectivity index (χ1n) is 9.55. The molecule has 0 unspecified atom stereocenters. The molecule has 3 aromatic carbocycles. The Kier molecular flexibility index (Phi) is 6.27. The fourth-order valence-electron chi connectivity index (χ4n) is 3.05. The topological polar surface area (TPSA) is 96.5 Å². The summed E-state index contributed by atoms with van der Waals surface area (Å²) >= 11 is 0. The Morgan fingerprint density at radius 1 is 0.933 bits per heavy atom. The molecule has 0 aliphatic heterocycles. The van der Waals surface area contributed by atoms with Crippen molar-refractivity contribution in [2.75, 3.05) is 11.4 Å². The van der Waals surface area contributed by atoms with E-state index in [9.17, 15) is 9.59 Å². The highest BCUT2D eigenvalue weighted by atomic mass is 16.5. The summed E-state index contributed by atoms with van der Waals surface area (Å²) in [5.74, 6) is -0.318. The first-order chi connectivity index (χ1) is 14.4. The molecule has 0 aromatic heterocycles. The number of nitrogens with zero attached hydrogens (tertiary/aromatic N) is 1. The van der Waals surface area contributed by atoms with Gasteiger partial charge in [0.05, 0.1) is 5.56 Å². The molecule has 6 heteroatoms. The highest BCUT2D eigenvalue weighted by Gasteiger charge is 2.17. The van der Waals surface area contributed by atoms with Crippen molar-refractivity contribution in [3.05, 3.63) is 95.1 Å². The Bertz CT molecular complexity index is 1080. The molecule has 0 atom stereocenters. The van der Waals surface area contributed by atoms with Gasteiger partial charge in [0, 0.05) is 23.4 Å². The minimum atomic E-state index is -0.525. The van der Waals surface area contributed by atoms with E-state index < -0.39 is 5.97 Å². The van der Waals surface area contributed by atoms with Gasteiger partial charge in [-0.05, 0) is 74.0 Å². The molecule has 152 valence electrons. The van der Waals surface area contributed by atoms with Crippen LogP contribution in [0.4, 0.5) is 5.69 Å². The monoisotopic (exact) mass is 401 g/mol. The van der Waals surface area contributed by atoms with Crippen molar-refractivity contribution in [3.63, 3.8) is 0 Å². The second kappa shape index (κ2) is 9.05. The number of carbonyl (C=O) groups is 2. The minimum absolute atomic E-state index is 0.0483. The van der Waals surface area contributed by atoms with Crippen molar-refractivity contribution >= 4 is 23.4 Å². The molecule has 0 aliphatic rings. The van der Waals surface area contributed by atoms with Crippen LogP contribution in [-0.4, -0.2) is 24.3 Å². The highest BCUT2D eigenvalue weighted by Crippen LogP contribution is 2.21. The molecule has 0 radical (unpaired) electrons. The molecule has 3 N–H and O–H groups in total. The zero-order valence-electron chi connectivity index (χ0n) is 16.9. The van der Waals surface area contributed by atoms with Gasteiger partial charge in [-0.15, -0.1) is 0 Å². The lowest BCUT2D eigenvalue weighted by Crippen LogP contribution is -2.30. The molecule has 0 bridgehead atoms. The predicted molar refractivity (Wildman–Crippen MR) is 117 cm³/mol. The maximum Gasteiger partial charge on any atom is 0.343 e. The van der Waals surface area contributed by atoms with Crippen molar-refractivity contribution in [1.29, 1.82) is 5.41 Å². The second-order valence-corrected chi connectivity index (χ2v) is 6.75. The number of aryl methyl sites for hydroxylation is 1. The van der Waals surface area contributed by atoms with Crippen LogP contribution in [0.15, 0.2) is 72.8 Å². The first kappa shape index (κ1) is 20.8. The van der Waals surface area contributed by atoms with Crippen molar-refractivity contribution in [1.82, 2.24) is 0 Å². The molecule has 0 heterocycles. The fourth-order valence-corrected chi connectivity index (χ4v) is 3.05. The molecular weight excluding hydrogens is 378 g/mol. The maximum atomic E-state index is 12.9. The summed E-state index contributed by atoms with van der Waals surface area (Å²) in [5.41, 5.74) is 8.38. The summed E-state index contributed by atoms with van der Waals surface area (Å²) in [5, 5.41) is 7.47. The third-order valence-electron chi connectivity index (χ3n) is 4.69. The van der Waals surface area contributed by atoms with E-state index in [1.165, 1.54) is 0 Å². The van der Waals surface area contributed by atoms with Gasteiger partial charge in [-0.2, -0.15) is 0 Å². The van der Waals surface area contributed by atoms with E-state index in [-0.39, 0.29) is 11.7 Å². The zero-order valence-corrected chi connectivity index (χ0v) is 16.9. The summed E-state index contributed by atoms with van der Waals surface area (Å²) in [6.07, 6.45) is 0. The summed E-state index contributed by atoms with van der Waals surface area (Å²) in [6, 6.07) is 20.8. The van der Waals surface area contributed by atoms with Gasteiger partial charge in [0.2, 0.25) is 0 Å². The number of carbonyl (C=O) groups excluding carboxylic acids is 2. The van der Waals surface area contributed by atoms with E-state index >= 15 is 0 Å². The predicted octanol–water partition coefficient (Wildman–Crippen LogP) is 4.16. The fraction of sp³-hybridized carbons (Fsp3) is 0.125. The summed E-state index contributed by atoms with van der Waals surface area (Å²) in [7, 11) is 0. The van der Waals surface area contributed by atoms with E-state index in [0.717, 1.165) is 5.69 Å². The van der Waals surface area contributed by atoms with Crippen LogP contribution in [-0.2, 0) is 0 Å². The molecule has 1 amide bonds. The van der Waals surface area contributed by atoms with Crippen LogP contribution in [0.2, 0.25) is 0 Å². The average Bonchev–Trinajstić information content (AvgIpc) is 2.76. The number of hydrogen-bond acceptors (Lipinski definition) is 4. The van der Waals surface area contributed by atoms with E-state index in [0.29, 0.717) is 34.5 Å². The smallest absolute Gasteiger partial charge is 0.343 e. The van der Waals surface area contributed by atoms with E-state index in [4.69, 9.17) is 15.9 Å². The standard InChI is InChI=1S/C24H23N3O3/c1-3-27(20-7-5-4-6-8-20)23(28)17-9-11-18(12-10-17)24(29)30-21-14-13-19(22(25)26)15-16(21)2/h4-15H,3H2,1-2H3,(H3,25,26). The van der Waals surface area contributed by atoms with Crippen LogP contribution >= 0.6 is 0 Å². The van der Waals surface area contributed by atoms with Gasteiger partial charge in [0.25, 0.3) is 5.91 Å². The number of benzene rings is 3. The lowest BCUT2D eigenvalue weighted by Gasteiger charge is -2.21. The van der Waals surface area contributed by atoms with E-state index in [2.05, 4.69) is 0 Å². The zero-order chi connectivity index (χ0) is 21.7. The minimum Gasteiger partial charge on any atom is -0.423 e. The molecule has 0 aliphatic carbocycles. The molecular formula is C24H23N3O3. The van der Waals surface area contributed by atoms with Crippen LogP contribution in [0.1, 0.15) is 38.8 Å². The number of amides is 1.